The summed E-state index contributed by atoms with van der Waals surface area (Å²) in [5.74, 6) is 0.931. The number of ether oxygens (including phenoxy) is 2. The minimum absolute atomic E-state index is 0.0565. The van der Waals surface area contributed by atoms with Crippen molar-refractivity contribution in [3.05, 3.63) is 95.2 Å². The van der Waals surface area contributed by atoms with Crippen LogP contribution in [0, 0.1) is 6.92 Å². The summed E-state index contributed by atoms with van der Waals surface area (Å²) in [7, 11) is 1.61. The first-order chi connectivity index (χ1) is 18.4. The highest BCUT2D eigenvalue weighted by Gasteiger charge is 2.23. The summed E-state index contributed by atoms with van der Waals surface area (Å²) < 4.78 is 11.3. The van der Waals surface area contributed by atoms with Gasteiger partial charge in [0.05, 0.1) is 26.2 Å². The number of carbonyl (C=O) groups excluding carboxylic acids is 2. The number of hydrogen-bond donors (Lipinski definition) is 4. The maximum Gasteiger partial charge on any atom is 0.312 e. The van der Waals surface area contributed by atoms with Gasteiger partial charge in [0.25, 0.3) is 0 Å². The van der Waals surface area contributed by atoms with Gasteiger partial charge in [0.1, 0.15) is 0 Å². The number of aryl methyl sites for hydroxylation is 1. The highest BCUT2D eigenvalue weighted by molar-refractivity contribution is 5.84. The van der Waals surface area contributed by atoms with Crippen LogP contribution in [-0.2, 0) is 4.79 Å². The summed E-state index contributed by atoms with van der Waals surface area (Å²) in [6.07, 6.45) is 2.04. The molecule has 0 saturated carbocycles. The fourth-order valence-electron chi connectivity index (χ4n) is 4.83. The lowest BCUT2D eigenvalue weighted by Crippen LogP contribution is -2.37. The zero-order valence-corrected chi connectivity index (χ0v) is 21.9. The summed E-state index contributed by atoms with van der Waals surface area (Å²) in [5.41, 5.74) is 10.3. The standard InChI is InChI=1S/C30H34N4O4/c1-4-38-27-14-13-20(15-28(27)37-3)23(24-18-32-25-12-8-7-11-22(24)25)17-33-29(35)16-26(34-30(31)36)21-10-6-5-9-19(21)2/h5-15,18,23,26,32H,4,16-17H2,1-3H3,(H,33,35)(H3,31,34,36)/t23-,26-/m0/s1. The number of H-pyrrole nitrogens is 1. The van der Waals surface area contributed by atoms with Crippen LogP contribution in [-0.4, -0.2) is 37.2 Å². The van der Waals surface area contributed by atoms with E-state index in [9.17, 15) is 9.59 Å². The van der Waals surface area contributed by atoms with Gasteiger partial charge < -0.3 is 30.8 Å². The van der Waals surface area contributed by atoms with E-state index in [0.29, 0.717) is 24.7 Å². The van der Waals surface area contributed by atoms with Crippen molar-refractivity contribution in [2.24, 2.45) is 5.73 Å². The second-order valence-electron chi connectivity index (χ2n) is 9.11. The number of methoxy groups -OCH3 is 1. The van der Waals surface area contributed by atoms with E-state index in [1.807, 2.05) is 80.7 Å². The summed E-state index contributed by atoms with van der Waals surface area (Å²) in [5, 5.41) is 6.88. The predicted octanol–water partition coefficient (Wildman–Crippen LogP) is 4.93. The Kier molecular flexibility index (Phi) is 8.53. The van der Waals surface area contributed by atoms with Crippen LogP contribution < -0.4 is 25.8 Å². The van der Waals surface area contributed by atoms with Crippen molar-refractivity contribution in [1.29, 1.82) is 0 Å². The first-order valence-corrected chi connectivity index (χ1v) is 12.7. The number of hydrogen-bond acceptors (Lipinski definition) is 4. The minimum atomic E-state index is -0.677. The van der Waals surface area contributed by atoms with Gasteiger partial charge in [-0.05, 0) is 54.3 Å². The molecule has 3 aromatic carbocycles. The number of aromatic amines is 1. The third-order valence-electron chi connectivity index (χ3n) is 6.66. The number of amides is 3. The Morgan fingerprint density at radius 3 is 2.50 bits per heavy atom. The second kappa shape index (κ2) is 12.2. The van der Waals surface area contributed by atoms with Crippen LogP contribution in [0.5, 0.6) is 11.5 Å². The fraction of sp³-hybridized carbons (Fsp3) is 0.267. The molecule has 0 fully saturated rings. The molecule has 0 saturated heterocycles. The second-order valence-corrected chi connectivity index (χ2v) is 9.11. The fourth-order valence-corrected chi connectivity index (χ4v) is 4.83. The lowest BCUT2D eigenvalue weighted by atomic mass is 9.90. The number of urea groups is 1. The SMILES string of the molecule is CCOc1ccc([C@H](CNC(=O)C[C@H](NC(N)=O)c2ccccc2C)c2c[nH]c3ccccc23)cc1OC. The van der Waals surface area contributed by atoms with Gasteiger partial charge in [-0.25, -0.2) is 4.79 Å². The van der Waals surface area contributed by atoms with Crippen LogP contribution in [0.2, 0.25) is 0 Å². The average molecular weight is 515 g/mol. The number of aromatic nitrogens is 1. The number of nitrogens with two attached hydrogens (primary N) is 1. The van der Waals surface area contributed by atoms with E-state index in [1.165, 1.54) is 0 Å². The highest BCUT2D eigenvalue weighted by Crippen LogP contribution is 2.36. The number of rotatable bonds is 11. The van der Waals surface area contributed by atoms with Crippen LogP contribution in [0.3, 0.4) is 0 Å². The van der Waals surface area contributed by atoms with Gasteiger partial charge in [-0.1, -0.05) is 48.5 Å². The molecule has 0 unspecified atom stereocenters. The van der Waals surface area contributed by atoms with Gasteiger partial charge in [-0.3, -0.25) is 4.79 Å². The first kappa shape index (κ1) is 26.6. The van der Waals surface area contributed by atoms with Crippen molar-refractivity contribution in [1.82, 2.24) is 15.6 Å². The van der Waals surface area contributed by atoms with Gasteiger partial charge in [-0.2, -0.15) is 0 Å². The van der Waals surface area contributed by atoms with E-state index >= 15 is 0 Å². The molecule has 8 nitrogen and oxygen atoms in total. The van der Waals surface area contributed by atoms with Crippen LogP contribution >= 0.6 is 0 Å². The zero-order chi connectivity index (χ0) is 27.1. The zero-order valence-electron chi connectivity index (χ0n) is 21.9. The molecule has 8 heteroatoms. The molecule has 198 valence electrons. The van der Waals surface area contributed by atoms with Crippen LogP contribution in [0.15, 0.2) is 72.9 Å². The Hall–Kier alpha value is -4.46. The van der Waals surface area contributed by atoms with Gasteiger partial charge in [0.15, 0.2) is 11.5 Å². The van der Waals surface area contributed by atoms with E-state index in [4.69, 9.17) is 15.2 Å². The van der Waals surface area contributed by atoms with Gasteiger partial charge in [-0.15, -0.1) is 0 Å². The number of carbonyl (C=O) groups is 2. The molecular weight excluding hydrogens is 480 g/mol. The largest absolute Gasteiger partial charge is 0.493 e. The summed E-state index contributed by atoms with van der Waals surface area (Å²) in [6.45, 7) is 4.73. The third-order valence-corrected chi connectivity index (χ3v) is 6.66. The molecule has 1 aromatic heterocycles. The molecule has 0 aliphatic carbocycles. The number of para-hydroxylation sites is 1. The Labute approximate surface area is 222 Å². The molecule has 5 N–H and O–H groups in total. The monoisotopic (exact) mass is 514 g/mol. The van der Waals surface area contributed by atoms with Crippen molar-refractivity contribution < 1.29 is 19.1 Å². The van der Waals surface area contributed by atoms with Crippen molar-refractivity contribution >= 4 is 22.8 Å². The molecule has 3 amide bonds. The Bertz CT molecular complexity index is 1410. The molecule has 0 aliphatic rings. The molecule has 0 aliphatic heterocycles. The third kappa shape index (κ3) is 6.08. The van der Waals surface area contributed by atoms with Crippen molar-refractivity contribution in [3.63, 3.8) is 0 Å². The average Bonchev–Trinajstić information content (AvgIpc) is 3.33. The number of nitrogens with one attached hydrogen (secondary N) is 3. The smallest absolute Gasteiger partial charge is 0.312 e. The maximum atomic E-state index is 13.2. The highest BCUT2D eigenvalue weighted by atomic mass is 16.5. The number of benzene rings is 3. The van der Waals surface area contributed by atoms with E-state index in [1.54, 1.807) is 7.11 Å². The van der Waals surface area contributed by atoms with Gasteiger partial charge >= 0.3 is 6.03 Å². The summed E-state index contributed by atoms with van der Waals surface area (Å²) >= 11 is 0. The molecule has 0 bridgehead atoms. The topological polar surface area (TPSA) is 118 Å². The Morgan fingerprint density at radius 1 is 1.00 bits per heavy atom. The molecule has 4 aromatic rings. The quantitative estimate of drug-likeness (QED) is 0.227. The normalized spacial score (nSPS) is 12.5. The first-order valence-electron chi connectivity index (χ1n) is 12.7. The molecule has 2 atom stereocenters. The molecule has 0 spiro atoms. The van der Waals surface area contributed by atoms with Crippen LogP contribution in [0.4, 0.5) is 4.79 Å². The lowest BCUT2D eigenvalue weighted by Gasteiger charge is -2.22. The Morgan fingerprint density at radius 2 is 1.76 bits per heavy atom. The molecular formula is C30H34N4O4. The number of fused-ring (bicyclic) bond motifs is 1. The summed E-state index contributed by atoms with van der Waals surface area (Å²) in [6, 6.07) is 20.3. The van der Waals surface area contributed by atoms with Gasteiger partial charge in [0.2, 0.25) is 5.91 Å². The summed E-state index contributed by atoms with van der Waals surface area (Å²) in [4.78, 5) is 28.2. The van der Waals surface area contributed by atoms with E-state index in [-0.39, 0.29) is 18.2 Å². The van der Waals surface area contributed by atoms with Crippen molar-refractivity contribution in [3.8, 4) is 11.5 Å². The van der Waals surface area contributed by atoms with Gasteiger partial charge in [0, 0.05) is 29.6 Å². The minimum Gasteiger partial charge on any atom is -0.493 e. The molecule has 1 heterocycles. The predicted molar refractivity (Wildman–Crippen MR) is 149 cm³/mol. The van der Waals surface area contributed by atoms with E-state index in [2.05, 4.69) is 21.7 Å². The van der Waals surface area contributed by atoms with E-state index in [0.717, 1.165) is 33.2 Å². The van der Waals surface area contributed by atoms with Crippen LogP contribution in [0.1, 0.15) is 47.6 Å². The molecule has 4 rings (SSSR count). The maximum absolute atomic E-state index is 13.2. The van der Waals surface area contributed by atoms with Crippen molar-refractivity contribution in [2.75, 3.05) is 20.3 Å². The van der Waals surface area contributed by atoms with Crippen LogP contribution in [0.25, 0.3) is 10.9 Å². The lowest BCUT2D eigenvalue weighted by molar-refractivity contribution is -0.121. The Balaban J connectivity index is 1.61. The molecule has 38 heavy (non-hydrogen) atoms. The molecule has 0 radical (unpaired) electrons. The van der Waals surface area contributed by atoms with Crippen molar-refractivity contribution in [2.45, 2.75) is 32.2 Å². The number of primary amides is 1. The van der Waals surface area contributed by atoms with E-state index < -0.39 is 12.1 Å².